The molecular weight excluding hydrogens is 398 g/mol. The molecule has 0 atom stereocenters. The second-order valence-corrected chi connectivity index (χ2v) is 8.27. The van der Waals surface area contributed by atoms with Crippen LogP contribution in [0.1, 0.15) is 17.0 Å². The average molecular weight is 418 g/mol. The Kier molecular flexibility index (Phi) is 5.60. The van der Waals surface area contributed by atoms with E-state index in [-0.39, 0.29) is 4.90 Å². The van der Waals surface area contributed by atoms with E-state index in [9.17, 15) is 8.42 Å². The topological polar surface area (TPSA) is 86.7 Å². The number of primary sulfonamides is 1. The number of aromatic nitrogens is 1. The first kappa shape index (κ1) is 20.1. The third kappa shape index (κ3) is 4.11. The first-order valence-corrected chi connectivity index (χ1v) is 10.3. The quantitative estimate of drug-likeness (QED) is 0.632. The molecule has 0 spiro atoms. The van der Waals surface area contributed by atoms with E-state index in [2.05, 4.69) is 4.99 Å². The average Bonchev–Trinajstić information content (AvgIpc) is 2.93. The Morgan fingerprint density at radius 2 is 1.79 bits per heavy atom. The molecular formula is C20H20ClN3O3S. The molecule has 0 radical (unpaired) electrons. The molecule has 0 aliphatic carbocycles. The Hall–Kier alpha value is -2.61. The Bertz CT molecular complexity index is 1150. The van der Waals surface area contributed by atoms with Gasteiger partial charge in [-0.25, -0.2) is 13.6 Å². The summed E-state index contributed by atoms with van der Waals surface area (Å²) in [6.45, 7) is 3.94. The lowest BCUT2D eigenvalue weighted by atomic mass is 10.2. The highest BCUT2D eigenvalue weighted by Gasteiger charge is 2.12. The predicted molar refractivity (Wildman–Crippen MR) is 112 cm³/mol. The van der Waals surface area contributed by atoms with Crippen LogP contribution in [0.3, 0.4) is 0 Å². The fourth-order valence-electron chi connectivity index (χ4n) is 3.00. The number of rotatable bonds is 5. The Labute approximate surface area is 169 Å². The summed E-state index contributed by atoms with van der Waals surface area (Å²) in [5, 5.41) is 5.74. The van der Waals surface area contributed by atoms with E-state index in [1.807, 2.05) is 24.5 Å². The van der Waals surface area contributed by atoms with Crippen LogP contribution in [0, 0.1) is 13.8 Å². The number of aryl methyl sites for hydroxylation is 1. The predicted octanol–water partition coefficient (Wildman–Crippen LogP) is 4.15. The number of nitrogens with two attached hydrogens (primary N) is 1. The van der Waals surface area contributed by atoms with Crippen LogP contribution in [0.15, 0.2) is 58.4 Å². The Morgan fingerprint density at radius 1 is 1.11 bits per heavy atom. The van der Waals surface area contributed by atoms with E-state index >= 15 is 0 Å². The molecule has 2 aromatic carbocycles. The summed E-state index contributed by atoms with van der Waals surface area (Å²) in [5.74, 6) is 0.632. The normalized spacial score (nSPS) is 11.9. The summed E-state index contributed by atoms with van der Waals surface area (Å²) in [7, 11) is -2.14. The van der Waals surface area contributed by atoms with Gasteiger partial charge in [0.2, 0.25) is 10.0 Å². The highest BCUT2D eigenvalue weighted by atomic mass is 35.5. The first-order chi connectivity index (χ1) is 13.2. The molecule has 0 aliphatic rings. The van der Waals surface area contributed by atoms with E-state index in [0.717, 1.165) is 22.6 Å². The van der Waals surface area contributed by atoms with Gasteiger partial charge in [0.05, 0.1) is 12.0 Å². The van der Waals surface area contributed by atoms with Crippen molar-refractivity contribution in [1.29, 1.82) is 0 Å². The standard InChI is InChI=1S/C20H20ClN3O3S/c1-13-10-15(12-23-19-11-16(21)4-9-20(19)27-3)14(2)24(13)17-5-7-18(8-6-17)28(22,25)26/h4-12H,1-3H3,(H2,22,25,26). The highest BCUT2D eigenvalue weighted by molar-refractivity contribution is 7.89. The van der Waals surface area contributed by atoms with Crippen molar-refractivity contribution in [2.45, 2.75) is 18.7 Å². The molecule has 2 N–H and O–H groups in total. The summed E-state index contributed by atoms with van der Waals surface area (Å²) in [4.78, 5) is 4.60. The lowest BCUT2D eigenvalue weighted by molar-refractivity contribution is 0.416. The van der Waals surface area contributed by atoms with Gasteiger partial charge in [-0.15, -0.1) is 0 Å². The number of aliphatic imine (C=N–C) groups is 1. The molecule has 28 heavy (non-hydrogen) atoms. The van der Waals surface area contributed by atoms with Gasteiger partial charge >= 0.3 is 0 Å². The van der Waals surface area contributed by atoms with Gasteiger partial charge < -0.3 is 9.30 Å². The van der Waals surface area contributed by atoms with E-state index in [1.165, 1.54) is 12.1 Å². The second-order valence-electron chi connectivity index (χ2n) is 6.28. The van der Waals surface area contributed by atoms with Crippen molar-refractivity contribution in [2.75, 3.05) is 7.11 Å². The molecule has 146 valence electrons. The molecule has 0 saturated heterocycles. The molecule has 0 saturated carbocycles. The summed E-state index contributed by atoms with van der Waals surface area (Å²) >= 11 is 6.06. The number of methoxy groups -OCH3 is 1. The number of benzene rings is 2. The molecule has 0 bridgehead atoms. The van der Waals surface area contributed by atoms with Gasteiger partial charge in [-0.3, -0.25) is 4.99 Å². The highest BCUT2D eigenvalue weighted by Crippen LogP contribution is 2.30. The third-order valence-electron chi connectivity index (χ3n) is 4.38. The SMILES string of the molecule is COc1ccc(Cl)cc1N=Cc1cc(C)n(-c2ccc(S(N)(=O)=O)cc2)c1C. The zero-order valence-corrected chi connectivity index (χ0v) is 17.3. The Morgan fingerprint density at radius 3 is 2.39 bits per heavy atom. The Balaban J connectivity index is 1.98. The molecule has 3 aromatic rings. The lowest BCUT2D eigenvalue weighted by Crippen LogP contribution is -2.12. The summed E-state index contributed by atoms with van der Waals surface area (Å²) in [5.41, 5.74) is 4.35. The zero-order chi connectivity index (χ0) is 20.5. The van der Waals surface area contributed by atoms with Gasteiger partial charge in [-0.05, 0) is 62.4 Å². The number of ether oxygens (including phenoxy) is 1. The molecule has 1 heterocycles. The monoisotopic (exact) mass is 417 g/mol. The van der Waals surface area contributed by atoms with Gasteiger partial charge in [0.15, 0.2) is 0 Å². The zero-order valence-electron chi connectivity index (χ0n) is 15.7. The van der Waals surface area contributed by atoms with Crippen molar-refractivity contribution < 1.29 is 13.2 Å². The maximum atomic E-state index is 11.4. The van der Waals surface area contributed by atoms with E-state index < -0.39 is 10.0 Å². The molecule has 0 amide bonds. The van der Waals surface area contributed by atoms with Crippen molar-refractivity contribution in [3.63, 3.8) is 0 Å². The number of nitrogens with zero attached hydrogens (tertiary/aromatic N) is 2. The summed E-state index contributed by atoms with van der Waals surface area (Å²) < 4.78 is 30.2. The molecule has 0 fully saturated rings. The molecule has 1 aromatic heterocycles. The fourth-order valence-corrected chi connectivity index (χ4v) is 3.69. The number of hydrogen-bond donors (Lipinski definition) is 1. The van der Waals surface area contributed by atoms with Gasteiger partial charge in [0.25, 0.3) is 0 Å². The first-order valence-electron chi connectivity index (χ1n) is 8.40. The van der Waals surface area contributed by atoms with Gasteiger partial charge in [0.1, 0.15) is 11.4 Å². The minimum atomic E-state index is -3.72. The minimum absolute atomic E-state index is 0.0774. The molecule has 6 nitrogen and oxygen atoms in total. The number of hydrogen-bond acceptors (Lipinski definition) is 4. The summed E-state index contributed by atoms with van der Waals surface area (Å²) in [6, 6.07) is 13.7. The van der Waals surface area contributed by atoms with Crippen LogP contribution in [0.2, 0.25) is 5.02 Å². The van der Waals surface area contributed by atoms with Crippen LogP contribution < -0.4 is 9.88 Å². The van der Waals surface area contributed by atoms with Crippen LogP contribution in [0.5, 0.6) is 5.75 Å². The minimum Gasteiger partial charge on any atom is -0.494 e. The summed E-state index contributed by atoms with van der Waals surface area (Å²) in [6.07, 6.45) is 1.76. The number of halogens is 1. The van der Waals surface area contributed by atoms with E-state index in [4.69, 9.17) is 21.5 Å². The fraction of sp³-hybridized carbons (Fsp3) is 0.150. The van der Waals surface area contributed by atoms with Gasteiger partial charge in [-0.2, -0.15) is 0 Å². The maximum Gasteiger partial charge on any atom is 0.238 e. The van der Waals surface area contributed by atoms with E-state index in [0.29, 0.717) is 16.5 Å². The number of sulfonamides is 1. The second kappa shape index (κ2) is 7.79. The lowest BCUT2D eigenvalue weighted by Gasteiger charge is -2.10. The van der Waals surface area contributed by atoms with Crippen molar-refractivity contribution >= 4 is 33.5 Å². The smallest absolute Gasteiger partial charge is 0.238 e. The molecule has 3 rings (SSSR count). The van der Waals surface area contributed by atoms with Gasteiger partial charge in [-0.1, -0.05) is 11.6 Å². The largest absolute Gasteiger partial charge is 0.494 e. The van der Waals surface area contributed by atoms with Crippen molar-refractivity contribution in [3.05, 3.63) is 70.5 Å². The van der Waals surface area contributed by atoms with Crippen LogP contribution >= 0.6 is 11.6 Å². The van der Waals surface area contributed by atoms with E-state index in [1.54, 1.807) is 43.7 Å². The molecule has 0 unspecified atom stereocenters. The third-order valence-corrected chi connectivity index (χ3v) is 5.54. The maximum absolute atomic E-state index is 11.4. The van der Waals surface area contributed by atoms with Crippen molar-refractivity contribution in [1.82, 2.24) is 4.57 Å². The van der Waals surface area contributed by atoms with Gasteiger partial charge in [0, 0.05) is 33.9 Å². The van der Waals surface area contributed by atoms with Crippen LogP contribution in [-0.2, 0) is 10.0 Å². The van der Waals surface area contributed by atoms with Crippen molar-refractivity contribution in [3.8, 4) is 11.4 Å². The van der Waals surface area contributed by atoms with Crippen LogP contribution in [0.4, 0.5) is 5.69 Å². The molecule has 8 heteroatoms. The van der Waals surface area contributed by atoms with Crippen LogP contribution in [-0.4, -0.2) is 26.3 Å². The van der Waals surface area contributed by atoms with Crippen LogP contribution in [0.25, 0.3) is 5.69 Å². The molecule has 0 aliphatic heterocycles. The van der Waals surface area contributed by atoms with Crippen molar-refractivity contribution in [2.24, 2.45) is 10.1 Å².